The molecule has 1 aromatic rings. The van der Waals surface area contributed by atoms with Gasteiger partial charge in [0, 0.05) is 23.8 Å². The smallest absolute Gasteiger partial charge is 0.274 e. The Morgan fingerprint density at radius 3 is 2.42 bits per heavy atom. The lowest BCUT2D eigenvalue weighted by atomic mass is 9.78. The van der Waals surface area contributed by atoms with Gasteiger partial charge in [-0.25, -0.2) is 10.8 Å². The van der Waals surface area contributed by atoms with Crippen molar-refractivity contribution in [3.8, 4) is 0 Å². The van der Waals surface area contributed by atoms with E-state index < -0.39 is 17.2 Å². The fraction of sp³-hybridized carbons (Fsp3) is 0.421. The van der Waals surface area contributed by atoms with Crippen LogP contribution in [0.4, 0.5) is 0 Å². The van der Waals surface area contributed by atoms with E-state index in [-0.39, 0.29) is 0 Å². The first-order valence-corrected chi connectivity index (χ1v) is 8.97. The Bertz CT molecular complexity index is 758. The van der Waals surface area contributed by atoms with Gasteiger partial charge in [-0.15, -0.1) is 0 Å². The molecule has 2 heterocycles. The molecule has 26 heavy (non-hydrogen) atoms. The van der Waals surface area contributed by atoms with Gasteiger partial charge in [0.1, 0.15) is 0 Å². The number of nitrogens with zero attached hydrogens (tertiary/aromatic N) is 1. The second-order valence-electron chi connectivity index (χ2n) is 7.36. The van der Waals surface area contributed by atoms with Crippen LogP contribution in [0.5, 0.6) is 0 Å². The zero-order valence-electron chi connectivity index (χ0n) is 14.5. The van der Waals surface area contributed by atoms with E-state index in [0.717, 1.165) is 6.54 Å². The molecule has 1 unspecified atom stereocenters. The molecular weight excluding hydrogens is 330 g/mol. The fourth-order valence-electron chi connectivity index (χ4n) is 3.98. The Balaban J connectivity index is 1.53. The number of hydrogen-bond acceptors (Lipinski definition) is 6. The highest BCUT2D eigenvalue weighted by Crippen LogP contribution is 2.42. The minimum atomic E-state index is -1.66. The summed E-state index contributed by atoms with van der Waals surface area (Å²) in [5, 5.41) is 6.22. The van der Waals surface area contributed by atoms with E-state index in [1.807, 2.05) is 17.6 Å². The standard InChI is InChI=1S/C19H23N5O2/c20-24-17(26)19(9-10-21-12-23-19)16(25)15-3-1-13(2-4-15)14-5-7-18(8-6-14)11-22-18/h1-4,9-10,12,14,22H,5-8,11,20H2,(H,21,23)(H,24,26). The maximum Gasteiger partial charge on any atom is 0.274 e. The number of aliphatic imine (C=N–C) groups is 1. The molecule has 1 saturated heterocycles. The Labute approximate surface area is 152 Å². The van der Waals surface area contributed by atoms with Crippen molar-refractivity contribution in [1.82, 2.24) is 16.1 Å². The third-order valence-electron chi connectivity index (χ3n) is 5.85. The predicted octanol–water partition coefficient (Wildman–Crippen LogP) is 0.743. The number of benzene rings is 1. The van der Waals surface area contributed by atoms with Crippen molar-refractivity contribution < 1.29 is 9.59 Å². The molecule has 5 N–H and O–H groups in total. The number of Topliss-reactive ketones (excluding diaryl/α,β-unsaturated/α-hetero) is 1. The highest BCUT2D eigenvalue weighted by molar-refractivity contribution is 6.20. The first kappa shape index (κ1) is 16.9. The Kier molecular flexibility index (Phi) is 4.13. The van der Waals surface area contributed by atoms with E-state index in [0.29, 0.717) is 17.0 Å². The maximum atomic E-state index is 13.0. The number of nitrogens with one attached hydrogen (secondary N) is 3. The van der Waals surface area contributed by atoms with Crippen LogP contribution in [-0.2, 0) is 4.79 Å². The molecule has 1 amide bonds. The van der Waals surface area contributed by atoms with Gasteiger partial charge in [0.15, 0.2) is 0 Å². The molecule has 1 aliphatic carbocycles. The topological polar surface area (TPSA) is 119 Å². The van der Waals surface area contributed by atoms with E-state index in [1.54, 1.807) is 12.1 Å². The molecule has 1 spiro atoms. The Hall–Kier alpha value is -2.51. The molecule has 7 nitrogen and oxygen atoms in total. The molecule has 1 saturated carbocycles. The number of hydrogen-bond donors (Lipinski definition) is 4. The average Bonchev–Trinajstić information content (AvgIpc) is 3.47. The van der Waals surface area contributed by atoms with Gasteiger partial charge < -0.3 is 10.6 Å². The monoisotopic (exact) mass is 353 g/mol. The van der Waals surface area contributed by atoms with Crippen molar-refractivity contribution in [1.29, 1.82) is 0 Å². The lowest BCUT2D eigenvalue weighted by Gasteiger charge is -2.28. The normalized spacial score (nSPS) is 32.1. The van der Waals surface area contributed by atoms with Crippen molar-refractivity contribution in [3.05, 3.63) is 47.7 Å². The molecule has 3 aliphatic rings. The van der Waals surface area contributed by atoms with Crippen LogP contribution in [0.2, 0.25) is 0 Å². The van der Waals surface area contributed by atoms with E-state index >= 15 is 0 Å². The van der Waals surface area contributed by atoms with Gasteiger partial charge in [-0.3, -0.25) is 15.0 Å². The molecule has 0 radical (unpaired) electrons. The van der Waals surface area contributed by atoms with E-state index in [1.165, 1.54) is 49.9 Å². The van der Waals surface area contributed by atoms with Crippen LogP contribution in [0.25, 0.3) is 0 Å². The van der Waals surface area contributed by atoms with E-state index in [4.69, 9.17) is 5.84 Å². The summed E-state index contributed by atoms with van der Waals surface area (Å²) in [6.45, 7) is 1.15. The van der Waals surface area contributed by atoms with Gasteiger partial charge in [-0.05, 0) is 43.2 Å². The number of hydrazine groups is 1. The lowest BCUT2D eigenvalue weighted by molar-refractivity contribution is -0.123. The van der Waals surface area contributed by atoms with Gasteiger partial charge >= 0.3 is 0 Å². The predicted molar refractivity (Wildman–Crippen MR) is 98.5 cm³/mol. The van der Waals surface area contributed by atoms with E-state index in [2.05, 4.69) is 15.6 Å². The minimum Gasteiger partial charge on any atom is -0.353 e. The maximum absolute atomic E-state index is 13.0. The summed E-state index contributed by atoms with van der Waals surface area (Å²) in [4.78, 5) is 29.3. The number of rotatable bonds is 4. The second-order valence-corrected chi connectivity index (χ2v) is 7.36. The molecule has 0 aromatic heterocycles. The highest BCUT2D eigenvalue weighted by atomic mass is 16.2. The summed E-state index contributed by atoms with van der Waals surface area (Å²) in [5.74, 6) is 4.75. The Morgan fingerprint density at radius 2 is 1.88 bits per heavy atom. The largest absolute Gasteiger partial charge is 0.353 e. The first-order chi connectivity index (χ1) is 12.6. The van der Waals surface area contributed by atoms with Gasteiger partial charge in [0.2, 0.25) is 11.3 Å². The van der Waals surface area contributed by atoms with Crippen molar-refractivity contribution >= 4 is 18.0 Å². The zero-order valence-corrected chi connectivity index (χ0v) is 14.5. The zero-order chi connectivity index (χ0) is 18.2. The van der Waals surface area contributed by atoms with Crippen LogP contribution < -0.4 is 21.9 Å². The van der Waals surface area contributed by atoms with Crippen LogP contribution in [-0.4, -0.2) is 35.7 Å². The Morgan fingerprint density at radius 1 is 1.19 bits per heavy atom. The summed E-state index contributed by atoms with van der Waals surface area (Å²) < 4.78 is 0. The molecule has 1 aromatic carbocycles. The van der Waals surface area contributed by atoms with Crippen LogP contribution >= 0.6 is 0 Å². The van der Waals surface area contributed by atoms with Crippen LogP contribution in [0.15, 0.2) is 41.5 Å². The van der Waals surface area contributed by atoms with Gasteiger partial charge in [-0.1, -0.05) is 24.3 Å². The molecule has 2 aliphatic heterocycles. The number of amides is 1. The number of ketones is 1. The minimum absolute atomic E-state index is 0.397. The summed E-state index contributed by atoms with van der Waals surface area (Å²) >= 11 is 0. The second kappa shape index (κ2) is 6.34. The average molecular weight is 353 g/mol. The summed E-state index contributed by atoms with van der Waals surface area (Å²) in [5.41, 5.74) is 2.50. The number of carbonyl (C=O) groups is 2. The molecule has 4 rings (SSSR count). The molecule has 2 fully saturated rings. The van der Waals surface area contributed by atoms with Crippen molar-refractivity contribution in [2.45, 2.75) is 42.7 Å². The number of nitrogens with two attached hydrogens (primary N) is 1. The SMILES string of the molecule is NNC(=O)C1(C(=O)c2ccc(C3CCC4(CC3)CN4)cc2)C=CNC=N1. The molecule has 136 valence electrons. The highest BCUT2D eigenvalue weighted by Gasteiger charge is 2.45. The third kappa shape index (κ3) is 2.83. The summed E-state index contributed by atoms with van der Waals surface area (Å²) in [6.07, 6.45) is 9.02. The number of carbonyl (C=O) groups excluding carboxylic acids is 2. The molecule has 1 atom stereocenters. The van der Waals surface area contributed by atoms with Crippen molar-refractivity contribution in [2.24, 2.45) is 10.8 Å². The van der Waals surface area contributed by atoms with Crippen LogP contribution in [0.1, 0.15) is 47.5 Å². The van der Waals surface area contributed by atoms with Gasteiger partial charge in [-0.2, -0.15) is 0 Å². The molecular formula is C19H23N5O2. The van der Waals surface area contributed by atoms with Gasteiger partial charge in [0.25, 0.3) is 5.91 Å². The van der Waals surface area contributed by atoms with Crippen molar-refractivity contribution in [2.75, 3.05) is 6.54 Å². The van der Waals surface area contributed by atoms with E-state index in [9.17, 15) is 9.59 Å². The summed E-state index contributed by atoms with van der Waals surface area (Å²) in [7, 11) is 0. The molecule has 0 bridgehead atoms. The lowest BCUT2D eigenvalue weighted by Crippen LogP contribution is -2.53. The van der Waals surface area contributed by atoms with Crippen LogP contribution in [0.3, 0.4) is 0 Å². The third-order valence-corrected chi connectivity index (χ3v) is 5.85. The van der Waals surface area contributed by atoms with Crippen molar-refractivity contribution in [3.63, 3.8) is 0 Å². The van der Waals surface area contributed by atoms with Gasteiger partial charge in [0.05, 0.1) is 6.34 Å². The quantitative estimate of drug-likeness (QED) is 0.159. The fourth-order valence-corrected chi connectivity index (χ4v) is 3.98. The molecule has 7 heteroatoms. The first-order valence-electron chi connectivity index (χ1n) is 8.97. The summed E-state index contributed by atoms with van der Waals surface area (Å²) in [6, 6.07) is 7.57. The van der Waals surface area contributed by atoms with Crippen LogP contribution in [0, 0.1) is 0 Å².